The van der Waals surface area contributed by atoms with Crippen LogP contribution in [0.5, 0.6) is 0 Å². The zero-order valence-electron chi connectivity index (χ0n) is 5.02. The standard InChI is InChI=1S/C5H9NO2/c1-4(2)6-3-5(7)8/h3H2,1-2H3,(H,7,8). The smallest absolute Gasteiger partial charge is 0.180 e. The zero-order valence-corrected chi connectivity index (χ0v) is 5.02. The molecule has 0 aliphatic carbocycles. The van der Waals surface area contributed by atoms with Crippen LogP contribution in [0.25, 0.3) is 0 Å². The average Bonchev–Trinajstić information content (AvgIpc) is 1.61. The maximum absolute atomic E-state index is 9.72. The quantitative estimate of drug-likeness (QED) is 0.398. The molecule has 0 aliphatic heterocycles. The van der Waals surface area contributed by atoms with E-state index in [1.165, 1.54) is 0 Å². The Bertz CT molecular complexity index is 114. The summed E-state index contributed by atoms with van der Waals surface area (Å²) in [6.45, 7) is 3.49. The van der Waals surface area contributed by atoms with Crippen molar-refractivity contribution in [2.45, 2.75) is 13.8 Å². The minimum atomic E-state index is -1.08. The van der Waals surface area contributed by atoms with E-state index in [-0.39, 0.29) is 6.54 Å². The van der Waals surface area contributed by atoms with Crippen LogP contribution in [-0.2, 0) is 4.79 Å². The van der Waals surface area contributed by atoms with E-state index in [0.717, 1.165) is 5.71 Å². The number of rotatable bonds is 2. The number of carboxylic acids is 1. The highest BCUT2D eigenvalue weighted by atomic mass is 16.4. The van der Waals surface area contributed by atoms with Crippen molar-refractivity contribution in [1.29, 1.82) is 0 Å². The number of hydrogen-bond acceptors (Lipinski definition) is 2. The van der Waals surface area contributed by atoms with Crippen LogP contribution in [0.1, 0.15) is 13.8 Å². The fourth-order valence-corrected chi connectivity index (χ4v) is 0.249. The number of carboxylic acid groups (broad SMARTS) is 1. The first-order valence-electron chi connectivity index (χ1n) is 2.37. The molecule has 0 aromatic rings. The summed E-state index contributed by atoms with van der Waals surface area (Å²) in [5.41, 5.74) is 0.884. The molecule has 0 rings (SSSR count). The fraction of sp³-hybridized carbons (Fsp3) is 0.600. The normalized spacial score (nSPS) is 8.25. The van der Waals surface area contributed by atoms with Gasteiger partial charge in [-0.2, -0.15) is 0 Å². The summed E-state index contributed by atoms with van der Waals surface area (Å²) in [6, 6.07) is 0. The lowest BCUT2D eigenvalue weighted by molar-refractivity contribution is -0.465. The predicted octanol–water partition coefficient (Wildman–Crippen LogP) is -2.70. The van der Waals surface area contributed by atoms with E-state index in [9.17, 15) is 9.90 Å². The van der Waals surface area contributed by atoms with Crippen molar-refractivity contribution in [1.82, 2.24) is 0 Å². The Morgan fingerprint density at radius 1 is 1.62 bits per heavy atom. The molecule has 3 heteroatoms. The molecule has 0 spiro atoms. The third-order valence-electron chi connectivity index (χ3n) is 0.586. The lowest BCUT2D eigenvalue weighted by Gasteiger charge is -1.88. The fourth-order valence-electron chi connectivity index (χ4n) is 0.249. The highest BCUT2D eigenvalue weighted by molar-refractivity contribution is 5.74. The molecule has 0 radical (unpaired) electrons. The Balaban J connectivity index is 3.45. The van der Waals surface area contributed by atoms with Crippen molar-refractivity contribution in [3.05, 3.63) is 0 Å². The second kappa shape index (κ2) is 3.18. The van der Waals surface area contributed by atoms with Gasteiger partial charge in [0.05, 0.1) is 0 Å². The topological polar surface area (TPSA) is 54.1 Å². The molecule has 0 saturated carbocycles. The Kier molecular flexibility index (Phi) is 2.84. The number of nitrogens with one attached hydrogen (secondary N) is 1. The van der Waals surface area contributed by atoms with Gasteiger partial charge in [-0.15, -0.1) is 0 Å². The molecule has 0 bridgehead atoms. The van der Waals surface area contributed by atoms with Gasteiger partial charge in [-0.3, -0.25) is 0 Å². The Labute approximate surface area is 48.1 Å². The summed E-state index contributed by atoms with van der Waals surface area (Å²) in [5, 5.41) is 9.72. The van der Waals surface area contributed by atoms with Gasteiger partial charge >= 0.3 is 0 Å². The van der Waals surface area contributed by atoms with E-state index in [2.05, 4.69) is 4.99 Å². The Morgan fingerprint density at radius 2 is 2.12 bits per heavy atom. The zero-order chi connectivity index (χ0) is 6.57. The minimum absolute atomic E-state index is 0.0949. The molecule has 1 N–H and O–H groups in total. The predicted molar refractivity (Wildman–Crippen MR) is 27.2 cm³/mol. The second-order valence-electron chi connectivity index (χ2n) is 1.73. The van der Waals surface area contributed by atoms with Crippen LogP contribution < -0.4 is 10.1 Å². The SMILES string of the molecule is CC(C)=[NH+]CC(=O)[O-]. The third kappa shape index (κ3) is 5.14. The van der Waals surface area contributed by atoms with E-state index in [4.69, 9.17) is 0 Å². The number of carbonyl (C=O) groups is 1. The third-order valence-corrected chi connectivity index (χ3v) is 0.586. The molecule has 0 aromatic heterocycles. The largest absolute Gasteiger partial charge is 0.544 e. The van der Waals surface area contributed by atoms with Gasteiger partial charge in [0.15, 0.2) is 6.54 Å². The first kappa shape index (κ1) is 7.14. The lowest BCUT2D eigenvalue weighted by Crippen LogP contribution is -2.75. The molecule has 0 aliphatic rings. The van der Waals surface area contributed by atoms with Crippen LogP contribution in [0.3, 0.4) is 0 Å². The number of carbonyl (C=O) groups excluding carboxylic acids is 1. The van der Waals surface area contributed by atoms with Crippen LogP contribution in [-0.4, -0.2) is 18.2 Å². The highest BCUT2D eigenvalue weighted by Crippen LogP contribution is 1.47. The maximum atomic E-state index is 9.72. The lowest BCUT2D eigenvalue weighted by atomic mass is 10.5. The van der Waals surface area contributed by atoms with Crippen LogP contribution in [0.2, 0.25) is 0 Å². The van der Waals surface area contributed by atoms with E-state index < -0.39 is 5.97 Å². The molecule has 0 heterocycles. The molecule has 8 heavy (non-hydrogen) atoms. The van der Waals surface area contributed by atoms with Crippen LogP contribution >= 0.6 is 0 Å². The van der Waals surface area contributed by atoms with Gasteiger partial charge in [-0.1, -0.05) is 0 Å². The number of aliphatic carboxylic acids is 1. The van der Waals surface area contributed by atoms with Crippen LogP contribution in [0, 0.1) is 0 Å². The summed E-state index contributed by atoms with van der Waals surface area (Å²) in [7, 11) is 0. The molecule has 0 saturated heterocycles. The first-order chi connectivity index (χ1) is 3.63. The second-order valence-corrected chi connectivity index (χ2v) is 1.73. The van der Waals surface area contributed by atoms with Crippen LogP contribution in [0.15, 0.2) is 0 Å². The van der Waals surface area contributed by atoms with E-state index in [0.29, 0.717) is 0 Å². The van der Waals surface area contributed by atoms with Crippen molar-refractivity contribution in [3.8, 4) is 0 Å². The van der Waals surface area contributed by atoms with Crippen LogP contribution in [0.4, 0.5) is 0 Å². The summed E-state index contributed by atoms with van der Waals surface area (Å²) >= 11 is 0. The molecule has 0 atom stereocenters. The maximum Gasteiger partial charge on any atom is 0.180 e. The summed E-state index contributed by atoms with van der Waals surface area (Å²) in [4.78, 5) is 12.3. The summed E-state index contributed by atoms with van der Waals surface area (Å²) < 4.78 is 0. The minimum Gasteiger partial charge on any atom is -0.544 e. The Hall–Kier alpha value is -0.860. The molecule has 0 fully saturated rings. The van der Waals surface area contributed by atoms with Gasteiger partial charge in [-0.05, 0) is 0 Å². The highest BCUT2D eigenvalue weighted by Gasteiger charge is 1.86. The van der Waals surface area contributed by atoms with E-state index >= 15 is 0 Å². The molecule has 46 valence electrons. The molecule has 0 aromatic carbocycles. The summed E-state index contributed by atoms with van der Waals surface area (Å²) in [5.74, 6) is -1.08. The molecular formula is C5H9NO2. The molecule has 0 amide bonds. The molecule has 3 nitrogen and oxygen atoms in total. The van der Waals surface area contributed by atoms with Gasteiger partial charge < -0.3 is 9.90 Å². The first-order valence-corrected chi connectivity index (χ1v) is 2.37. The van der Waals surface area contributed by atoms with Crippen molar-refractivity contribution >= 4 is 11.7 Å². The molecule has 0 unspecified atom stereocenters. The van der Waals surface area contributed by atoms with Crippen molar-refractivity contribution in [2.24, 2.45) is 0 Å². The number of hydrogen-bond donors (Lipinski definition) is 1. The van der Waals surface area contributed by atoms with Gasteiger partial charge in [0.1, 0.15) is 11.7 Å². The van der Waals surface area contributed by atoms with Crippen molar-refractivity contribution in [3.63, 3.8) is 0 Å². The van der Waals surface area contributed by atoms with E-state index in [1.807, 2.05) is 0 Å². The van der Waals surface area contributed by atoms with Gasteiger partial charge in [-0.25, -0.2) is 4.99 Å². The monoisotopic (exact) mass is 115 g/mol. The van der Waals surface area contributed by atoms with Gasteiger partial charge in [0.25, 0.3) is 0 Å². The van der Waals surface area contributed by atoms with Crippen molar-refractivity contribution in [2.75, 3.05) is 6.54 Å². The van der Waals surface area contributed by atoms with Gasteiger partial charge in [0.2, 0.25) is 0 Å². The van der Waals surface area contributed by atoms with Crippen molar-refractivity contribution < 1.29 is 14.9 Å². The Morgan fingerprint density at radius 3 is 2.25 bits per heavy atom. The molecular weight excluding hydrogens is 106 g/mol. The average molecular weight is 115 g/mol. The van der Waals surface area contributed by atoms with E-state index in [1.54, 1.807) is 13.8 Å². The van der Waals surface area contributed by atoms with Gasteiger partial charge in [0, 0.05) is 13.8 Å². The summed E-state index contributed by atoms with van der Waals surface area (Å²) in [6.07, 6.45) is 0.